The van der Waals surface area contributed by atoms with Crippen molar-refractivity contribution in [2.75, 3.05) is 0 Å². The van der Waals surface area contributed by atoms with Crippen LogP contribution in [0.4, 0.5) is 0 Å². The van der Waals surface area contributed by atoms with Gasteiger partial charge in [0, 0.05) is 5.92 Å². The van der Waals surface area contributed by atoms with Gasteiger partial charge in [-0.2, -0.15) is 0 Å². The largest absolute Gasteiger partial charge is 0.294 e. The second-order valence-corrected chi connectivity index (χ2v) is 4.47. The fourth-order valence-corrected chi connectivity index (χ4v) is 1.12. The highest BCUT2D eigenvalue weighted by molar-refractivity contribution is 5.96. The number of carbonyl (C=O) groups excluding carboxylic acids is 1. The highest BCUT2D eigenvalue weighted by Crippen LogP contribution is 2.15. The summed E-state index contributed by atoms with van der Waals surface area (Å²) in [7, 11) is 0. The minimum absolute atomic E-state index is 0.121. The van der Waals surface area contributed by atoms with Gasteiger partial charge in [0.25, 0.3) is 0 Å². The van der Waals surface area contributed by atoms with Crippen LogP contribution in [0.15, 0.2) is 11.6 Å². The third kappa shape index (κ3) is 4.25. The molecule has 76 valence electrons. The standard InChI is InChI=1S/C12H22O/c1-8(2)10(5)7-11(6)12(13)9(3)4/h7-10H,1-6H3/t10-/m0/s1. The molecule has 0 heterocycles. The van der Waals surface area contributed by atoms with Crippen LogP contribution in [0.3, 0.4) is 0 Å². The van der Waals surface area contributed by atoms with Gasteiger partial charge in [-0.15, -0.1) is 0 Å². The summed E-state index contributed by atoms with van der Waals surface area (Å²) in [6, 6.07) is 0. The molecule has 0 aliphatic carbocycles. The average Bonchev–Trinajstić information content (AvgIpc) is 2.02. The van der Waals surface area contributed by atoms with E-state index in [9.17, 15) is 4.79 Å². The van der Waals surface area contributed by atoms with Crippen LogP contribution in [-0.2, 0) is 4.79 Å². The van der Waals surface area contributed by atoms with Crippen molar-refractivity contribution in [3.05, 3.63) is 11.6 Å². The van der Waals surface area contributed by atoms with Crippen molar-refractivity contribution in [1.82, 2.24) is 0 Å². The molecule has 0 aromatic carbocycles. The highest BCUT2D eigenvalue weighted by atomic mass is 16.1. The molecule has 0 bridgehead atoms. The van der Waals surface area contributed by atoms with Gasteiger partial charge in [0.05, 0.1) is 0 Å². The van der Waals surface area contributed by atoms with Crippen molar-refractivity contribution in [2.45, 2.75) is 41.5 Å². The maximum atomic E-state index is 11.5. The molecule has 1 atom stereocenters. The zero-order valence-corrected chi connectivity index (χ0v) is 9.72. The summed E-state index contributed by atoms with van der Waals surface area (Å²) in [5.74, 6) is 1.49. The Hall–Kier alpha value is -0.590. The lowest BCUT2D eigenvalue weighted by molar-refractivity contribution is -0.118. The van der Waals surface area contributed by atoms with Gasteiger partial charge in [0.1, 0.15) is 0 Å². The van der Waals surface area contributed by atoms with Gasteiger partial charge in [0.2, 0.25) is 0 Å². The number of carbonyl (C=O) groups is 1. The summed E-state index contributed by atoms with van der Waals surface area (Å²) in [6.45, 7) is 12.3. The Morgan fingerprint density at radius 2 is 1.54 bits per heavy atom. The lowest BCUT2D eigenvalue weighted by Gasteiger charge is -2.12. The maximum absolute atomic E-state index is 11.5. The fourth-order valence-electron chi connectivity index (χ4n) is 1.12. The van der Waals surface area contributed by atoms with E-state index in [1.807, 2.05) is 20.8 Å². The molecular weight excluding hydrogens is 160 g/mol. The molecular formula is C12H22O. The van der Waals surface area contributed by atoms with Crippen LogP contribution in [0.25, 0.3) is 0 Å². The van der Waals surface area contributed by atoms with Crippen molar-refractivity contribution in [3.63, 3.8) is 0 Å². The van der Waals surface area contributed by atoms with Crippen molar-refractivity contribution in [3.8, 4) is 0 Å². The monoisotopic (exact) mass is 182 g/mol. The Kier molecular flexibility index (Phi) is 4.97. The number of hydrogen-bond donors (Lipinski definition) is 0. The van der Waals surface area contributed by atoms with Crippen molar-refractivity contribution >= 4 is 5.78 Å². The number of rotatable bonds is 4. The zero-order chi connectivity index (χ0) is 10.6. The molecule has 0 saturated heterocycles. The highest BCUT2D eigenvalue weighted by Gasteiger charge is 2.11. The molecule has 0 aromatic rings. The Morgan fingerprint density at radius 3 is 1.85 bits per heavy atom. The van der Waals surface area contributed by atoms with Crippen LogP contribution in [0.2, 0.25) is 0 Å². The van der Waals surface area contributed by atoms with Crippen molar-refractivity contribution in [1.29, 1.82) is 0 Å². The van der Waals surface area contributed by atoms with Gasteiger partial charge >= 0.3 is 0 Å². The first-order valence-electron chi connectivity index (χ1n) is 5.08. The number of allylic oxidation sites excluding steroid dienone is 2. The lowest BCUT2D eigenvalue weighted by Crippen LogP contribution is -2.10. The maximum Gasteiger partial charge on any atom is 0.160 e. The van der Waals surface area contributed by atoms with E-state index in [1.165, 1.54) is 0 Å². The molecule has 0 amide bonds. The first-order valence-corrected chi connectivity index (χ1v) is 5.08. The van der Waals surface area contributed by atoms with E-state index < -0.39 is 0 Å². The smallest absolute Gasteiger partial charge is 0.160 e. The van der Waals surface area contributed by atoms with E-state index >= 15 is 0 Å². The molecule has 13 heavy (non-hydrogen) atoms. The van der Waals surface area contributed by atoms with Gasteiger partial charge in [0.15, 0.2) is 5.78 Å². The molecule has 0 fully saturated rings. The zero-order valence-electron chi connectivity index (χ0n) is 9.72. The van der Waals surface area contributed by atoms with E-state index in [4.69, 9.17) is 0 Å². The van der Waals surface area contributed by atoms with Crippen LogP contribution < -0.4 is 0 Å². The van der Waals surface area contributed by atoms with Gasteiger partial charge in [-0.25, -0.2) is 0 Å². The van der Waals surface area contributed by atoms with Crippen molar-refractivity contribution < 1.29 is 4.79 Å². The molecule has 0 rings (SSSR count). The Balaban J connectivity index is 4.40. The minimum Gasteiger partial charge on any atom is -0.294 e. The summed E-state index contributed by atoms with van der Waals surface area (Å²) in [5, 5.41) is 0. The molecule has 0 N–H and O–H groups in total. The Labute approximate surface area is 82.2 Å². The first kappa shape index (κ1) is 12.4. The van der Waals surface area contributed by atoms with E-state index in [2.05, 4.69) is 26.8 Å². The minimum atomic E-state index is 0.121. The second kappa shape index (κ2) is 5.21. The van der Waals surface area contributed by atoms with Crippen LogP contribution in [0, 0.1) is 17.8 Å². The lowest BCUT2D eigenvalue weighted by atomic mass is 9.93. The third-order valence-electron chi connectivity index (χ3n) is 2.48. The Morgan fingerprint density at radius 1 is 1.08 bits per heavy atom. The number of hydrogen-bond acceptors (Lipinski definition) is 1. The quantitative estimate of drug-likeness (QED) is 0.609. The molecule has 0 radical (unpaired) electrons. The molecule has 1 nitrogen and oxygen atoms in total. The first-order chi connectivity index (χ1) is 5.86. The number of Topliss-reactive ketones (excluding diaryl/α,β-unsaturated/α-hetero) is 1. The summed E-state index contributed by atoms with van der Waals surface area (Å²) in [4.78, 5) is 11.5. The summed E-state index contributed by atoms with van der Waals surface area (Å²) in [6.07, 6.45) is 2.09. The molecule has 0 aliphatic heterocycles. The van der Waals surface area contributed by atoms with E-state index in [-0.39, 0.29) is 11.7 Å². The average molecular weight is 182 g/mol. The third-order valence-corrected chi connectivity index (χ3v) is 2.48. The molecule has 0 spiro atoms. The van der Waals surface area contributed by atoms with Gasteiger partial charge < -0.3 is 0 Å². The molecule has 0 unspecified atom stereocenters. The molecule has 1 heteroatoms. The normalized spacial score (nSPS) is 15.2. The predicted octanol–water partition coefficient (Wildman–Crippen LogP) is 3.45. The molecule has 0 aromatic heterocycles. The van der Waals surface area contributed by atoms with Gasteiger partial charge in [-0.05, 0) is 24.3 Å². The molecule has 0 aliphatic rings. The van der Waals surface area contributed by atoms with Gasteiger partial charge in [-0.3, -0.25) is 4.79 Å². The van der Waals surface area contributed by atoms with Gasteiger partial charge in [-0.1, -0.05) is 40.7 Å². The van der Waals surface area contributed by atoms with E-state index in [0.717, 1.165) is 5.57 Å². The number of ketones is 1. The second-order valence-electron chi connectivity index (χ2n) is 4.47. The summed E-state index contributed by atoms with van der Waals surface area (Å²) < 4.78 is 0. The van der Waals surface area contributed by atoms with Crippen LogP contribution in [-0.4, -0.2) is 5.78 Å². The van der Waals surface area contributed by atoms with Crippen LogP contribution >= 0.6 is 0 Å². The topological polar surface area (TPSA) is 17.1 Å². The SMILES string of the molecule is CC(=C[C@H](C)C(C)C)C(=O)C(C)C. The molecule has 0 saturated carbocycles. The van der Waals surface area contributed by atoms with Crippen LogP contribution in [0.1, 0.15) is 41.5 Å². The van der Waals surface area contributed by atoms with E-state index in [0.29, 0.717) is 11.8 Å². The van der Waals surface area contributed by atoms with Crippen molar-refractivity contribution in [2.24, 2.45) is 17.8 Å². The summed E-state index contributed by atoms with van der Waals surface area (Å²) >= 11 is 0. The summed E-state index contributed by atoms with van der Waals surface area (Å²) in [5.41, 5.74) is 0.913. The Bertz CT molecular complexity index is 199. The van der Waals surface area contributed by atoms with Crippen LogP contribution in [0.5, 0.6) is 0 Å². The van der Waals surface area contributed by atoms with E-state index in [1.54, 1.807) is 0 Å². The predicted molar refractivity (Wildman–Crippen MR) is 57.6 cm³/mol. The fraction of sp³-hybridized carbons (Fsp3) is 0.750.